The quantitative estimate of drug-likeness (QED) is 0.871. The van der Waals surface area contributed by atoms with Crippen molar-refractivity contribution in [2.24, 2.45) is 0 Å². The number of ether oxygens (including phenoxy) is 1. The first-order valence-electron chi connectivity index (χ1n) is 4.23. The van der Waals surface area contributed by atoms with Gasteiger partial charge in [-0.2, -0.15) is 13.2 Å². The Kier molecular flexibility index (Phi) is 3.36. The van der Waals surface area contributed by atoms with Crippen molar-refractivity contribution in [3.05, 3.63) is 23.9 Å². The van der Waals surface area contributed by atoms with Crippen molar-refractivity contribution in [1.29, 1.82) is 0 Å². The molecule has 0 spiro atoms. The molecule has 0 radical (unpaired) electrons. The van der Waals surface area contributed by atoms with E-state index in [1.54, 1.807) is 0 Å². The highest BCUT2D eigenvalue weighted by atomic mass is 19.4. The molecule has 7 heteroatoms. The van der Waals surface area contributed by atoms with Crippen LogP contribution in [0.15, 0.2) is 18.3 Å². The lowest BCUT2D eigenvalue weighted by Gasteiger charge is -2.16. The average Bonchev–Trinajstić information content (AvgIpc) is 2.16. The standard InChI is InChI=1S/C9H8F3NO3/c1-5(9(10,11)12)16-7-4-6(8(14)15)2-3-13-7/h2-5H,1H3,(H,14,15). The minimum Gasteiger partial charge on any atom is -0.478 e. The highest BCUT2D eigenvalue weighted by Gasteiger charge is 2.38. The predicted molar refractivity (Wildman–Crippen MR) is 47.3 cm³/mol. The summed E-state index contributed by atoms with van der Waals surface area (Å²) in [6.07, 6.45) is -5.48. The van der Waals surface area contributed by atoms with Crippen LogP contribution >= 0.6 is 0 Å². The predicted octanol–water partition coefficient (Wildman–Crippen LogP) is 2.11. The van der Waals surface area contributed by atoms with Gasteiger partial charge in [0.1, 0.15) is 0 Å². The molecule has 0 bridgehead atoms. The summed E-state index contributed by atoms with van der Waals surface area (Å²) in [6.45, 7) is 0.815. The largest absolute Gasteiger partial charge is 0.478 e. The maximum absolute atomic E-state index is 12.1. The molecule has 0 saturated carbocycles. The summed E-state index contributed by atoms with van der Waals surface area (Å²) in [6, 6.07) is 2.10. The van der Waals surface area contributed by atoms with E-state index in [0.29, 0.717) is 0 Å². The van der Waals surface area contributed by atoms with Crippen LogP contribution in [0.4, 0.5) is 13.2 Å². The maximum Gasteiger partial charge on any atom is 0.425 e. The van der Waals surface area contributed by atoms with Crippen LogP contribution in [-0.2, 0) is 0 Å². The first-order valence-corrected chi connectivity index (χ1v) is 4.23. The van der Waals surface area contributed by atoms with Crippen LogP contribution in [0.5, 0.6) is 5.88 Å². The van der Waals surface area contributed by atoms with E-state index in [2.05, 4.69) is 9.72 Å². The molecule has 4 nitrogen and oxygen atoms in total. The fourth-order valence-electron chi connectivity index (χ4n) is 0.855. The number of nitrogens with zero attached hydrogens (tertiary/aromatic N) is 1. The van der Waals surface area contributed by atoms with Gasteiger partial charge >= 0.3 is 12.1 Å². The van der Waals surface area contributed by atoms with Gasteiger partial charge < -0.3 is 9.84 Å². The molecule has 1 N–H and O–H groups in total. The van der Waals surface area contributed by atoms with E-state index in [0.717, 1.165) is 25.3 Å². The minimum absolute atomic E-state index is 0.181. The van der Waals surface area contributed by atoms with Gasteiger partial charge in [-0.3, -0.25) is 0 Å². The summed E-state index contributed by atoms with van der Waals surface area (Å²) in [7, 11) is 0. The van der Waals surface area contributed by atoms with Gasteiger partial charge in [-0.15, -0.1) is 0 Å². The van der Waals surface area contributed by atoms with Gasteiger partial charge in [0.05, 0.1) is 5.56 Å². The van der Waals surface area contributed by atoms with Crippen LogP contribution in [0.1, 0.15) is 17.3 Å². The second kappa shape index (κ2) is 4.38. The zero-order valence-corrected chi connectivity index (χ0v) is 8.15. The van der Waals surface area contributed by atoms with Gasteiger partial charge in [-0.25, -0.2) is 9.78 Å². The summed E-state index contributed by atoms with van der Waals surface area (Å²) in [4.78, 5) is 14.0. The Balaban J connectivity index is 2.82. The number of carbonyl (C=O) groups is 1. The Morgan fingerprint density at radius 2 is 2.19 bits per heavy atom. The van der Waals surface area contributed by atoms with Gasteiger partial charge in [0.2, 0.25) is 5.88 Å². The van der Waals surface area contributed by atoms with E-state index in [1.165, 1.54) is 0 Å². The zero-order chi connectivity index (χ0) is 12.3. The third-order valence-corrected chi connectivity index (χ3v) is 1.74. The second-order valence-corrected chi connectivity index (χ2v) is 2.99. The smallest absolute Gasteiger partial charge is 0.425 e. The van der Waals surface area contributed by atoms with Crippen molar-refractivity contribution in [2.45, 2.75) is 19.2 Å². The summed E-state index contributed by atoms with van der Waals surface area (Å²) in [5.74, 6) is -1.63. The fraction of sp³-hybridized carbons (Fsp3) is 0.333. The van der Waals surface area contributed by atoms with E-state index >= 15 is 0 Å². The molecule has 1 heterocycles. The average molecular weight is 235 g/mol. The van der Waals surface area contributed by atoms with E-state index in [9.17, 15) is 18.0 Å². The van der Waals surface area contributed by atoms with Crippen molar-refractivity contribution in [2.75, 3.05) is 0 Å². The molecule has 1 aromatic heterocycles. The molecule has 16 heavy (non-hydrogen) atoms. The third kappa shape index (κ3) is 3.11. The number of aromatic nitrogens is 1. The molecule has 88 valence electrons. The van der Waals surface area contributed by atoms with Crippen molar-refractivity contribution in [1.82, 2.24) is 4.98 Å². The molecule has 0 aromatic carbocycles. The Labute approximate surface area is 88.7 Å². The van der Waals surface area contributed by atoms with Gasteiger partial charge in [-0.05, 0) is 13.0 Å². The molecular weight excluding hydrogens is 227 g/mol. The van der Waals surface area contributed by atoms with Crippen molar-refractivity contribution in [3.63, 3.8) is 0 Å². The number of rotatable bonds is 3. The summed E-state index contributed by atoms with van der Waals surface area (Å²) in [5, 5.41) is 8.60. The van der Waals surface area contributed by atoms with E-state index in [-0.39, 0.29) is 11.4 Å². The lowest BCUT2D eigenvalue weighted by molar-refractivity contribution is -0.189. The highest BCUT2D eigenvalue weighted by Crippen LogP contribution is 2.24. The van der Waals surface area contributed by atoms with Gasteiger partial charge in [0.25, 0.3) is 0 Å². The van der Waals surface area contributed by atoms with Crippen molar-refractivity contribution >= 4 is 5.97 Å². The van der Waals surface area contributed by atoms with Crippen LogP contribution in [0, 0.1) is 0 Å². The lowest BCUT2D eigenvalue weighted by atomic mass is 10.3. The monoisotopic (exact) mass is 235 g/mol. The number of alkyl halides is 3. The Bertz CT molecular complexity index is 392. The van der Waals surface area contributed by atoms with E-state index in [4.69, 9.17) is 5.11 Å². The summed E-state index contributed by atoms with van der Waals surface area (Å²) in [5.41, 5.74) is -0.181. The Hall–Kier alpha value is -1.79. The van der Waals surface area contributed by atoms with Crippen LogP contribution in [0.3, 0.4) is 0 Å². The Morgan fingerprint density at radius 1 is 1.56 bits per heavy atom. The van der Waals surface area contributed by atoms with E-state index < -0.39 is 18.2 Å². The zero-order valence-electron chi connectivity index (χ0n) is 8.15. The molecule has 0 aliphatic heterocycles. The Morgan fingerprint density at radius 3 is 2.69 bits per heavy atom. The van der Waals surface area contributed by atoms with Crippen LogP contribution in [0.2, 0.25) is 0 Å². The molecule has 1 atom stereocenters. The number of pyridine rings is 1. The van der Waals surface area contributed by atoms with Crippen LogP contribution in [0.25, 0.3) is 0 Å². The van der Waals surface area contributed by atoms with Crippen LogP contribution < -0.4 is 4.74 Å². The maximum atomic E-state index is 12.1. The number of carboxylic acid groups (broad SMARTS) is 1. The molecule has 0 saturated heterocycles. The topological polar surface area (TPSA) is 59.4 Å². The number of halogens is 3. The fourth-order valence-corrected chi connectivity index (χ4v) is 0.855. The third-order valence-electron chi connectivity index (χ3n) is 1.74. The normalized spacial score (nSPS) is 13.2. The van der Waals surface area contributed by atoms with Crippen molar-refractivity contribution < 1.29 is 27.8 Å². The van der Waals surface area contributed by atoms with Crippen LogP contribution in [-0.4, -0.2) is 28.3 Å². The number of hydrogen-bond acceptors (Lipinski definition) is 3. The minimum atomic E-state index is -4.51. The summed E-state index contributed by atoms with van der Waals surface area (Å²) < 4.78 is 40.8. The number of hydrogen-bond donors (Lipinski definition) is 1. The van der Waals surface area contributed by atoms with E-state index in [1.807, 2.05) is 0 Å². The molecule has 1 unspecified atom stereocenters. The highest BCUT2D eigenvalue weighted by molar-refractivity contribution is 5.87. The number of aromatic carboxylic acids is 1. The van der Waals surface area contributed by atoms with Gasteiger partial charge in [-0.1, -0.05) is 0 Å². The van der Waals surface area contributed by atoms with Gasteiger partial charge in [0, 0.05) is 12.3 Å². The first-order chi connectivity index (χ1) is 7.30. The molecule has 1 aromatic rings. The molecule has 0 fully saturated rings. The molecule has 0 aliphatic rings. The van der Waals surface area contributed by atoms with Crippen molar-refractivity contribution in [3.8, 4) is 5.88 Å². The molecular formula is C9H8F3NO3. The van der Waals surface area contributed by atoms with Gasteiger partial charge in [0.15, 0.2) is 6.10 Å². The SMILES string of the molecule is CC(Oc1cc(C(=O)O)ccn1)C(F)(F)F. The number of carboxylic acids is 1. The molecule has 1 rings (SSSR count). The second-order valence-electron chi connectivity index (χ2n) is 2.99. The lowest BCUT2D eigenvalue weighted by Crippen LogP contribution is -2.31. The summed E-state index contributed by atoms with van der Waals surface area (Å²) >= 11 is 0. The molecule has 0 amide bonds. The molecule has 0 aliphatic carbocycles. The first kappa shape index (κ1) is 12.3.